The third-order valence-electron chi connectivity index (χ3n) is 3.20. The van der Waals surface area contributed by atoms with Gasteiger partial charge in [0.25, 0.3) is 0 Å². The minimum atomic E-state index is 0.532. The van der Waals surface area contributed by atoms with Gasteiger partial charge in [-0.2, -0.15) is 0 Å². The van der Waals surface area contributed by atoms with Crippen molar-refractivity contribution in [2.24, 2.45) is 5.92 Å². The topological polar surface area (TPSA) is 12.0 Å². The summed E-state index contributed by atoms with van der Waals surface area (Å²) >= 11 is 3.81. The fourth-order valence-corrected chi connectivity index (χ4v) is 4.69. The van der Waals surface area contributed by atoms with E-state index >= 15 is 0 Å². The molecule has 0 radical (unpaired) electrons. The lowest BCUT2D eigenvalue weighted by Gasteiger charge is -2.23. The van der Waals surface area contributed by atoms with Gasteiger partial charge in [0.2, 0.25) is 0 Å². The molecule has 0 spiro atoms. The third kappa shape index (κ3) is 2.90. The maximum absolute atomic E-state index is 3.65. The molecule has 0 fully saturated rings. The van der Waals surface area contributed by atoms with Gasteiger partial charge in [-0.15, -0.1) is 22.7 Å². The molecule has 3 heteroatoms. The second kappa shape index (κ2) is 5.98. The average molecular weight is 267 g/mol. The zero-order valence-corrected chi connectivity index (χ0v) is 12.5. The van der Waals surface area contributed by atoms with Crippen LogP contribution < -0.4 is 5.32 Å². The first kappa shape index (κ1) is 13.1. The van der Waals surface area contributed by atoms with E-state index < -0.39 is 0 Å². The van der Waals surface area contributed by atoms with Gasteiger partial charge in [0.15, 0.2) is 0 Å². The molecule has 0 saturated carbocycles. The van der Waals surface area contributed by atoms with Crippen LogP contribution in [0.3, 0.4) is 0 Å². The first-order chi connectivity index (χ1) is 8.26. The molecule has 1 N–H and O–H groups in total. The fraction of sp³-hybridized carbons (Fsp3) is 0.571. The lowest BCUT2D eigenvalue weighted by molar-refractivity contribution is 0.374. The highest BCUT2D eigenvalue weighted by Gasteiger charge is 2.20. The predicted molar refractivity (Wildman–Crippen MR) is 80.2 cm³/mol. The smallest absolute Gasteiger partial charge is 0.0454 e. The summed E-state index contributed by atoms with van der Waals surface area (Å²) in [5.74, 6) is 0.715. The minimum Gasteiger partial charge on any atom is -0.309 e. The average Bonchev–Trinajstić information content (AvgIpc) is 2.86. The van der Waals surface area contributed by atoms with E-state index in [0.717, 1.165) is 6.54 Å². The summed E-state index contributed by atoms with van der Waals surface area (Å²) in [5.41, 5.74) is 0. The summed E-state index contributed by atoms with van der Waals surface area (Å²) in [7, 11) is 0. The summed E-state index contributed by atoms with van der Waals surface area (Å²) in [4.78, 5) is 1.51. The van der Waals surface area contributed by atoms with Gasteiger partial charge in [0.05, 0.1) is 0 Å². The number of nitrogens with one attached hydrogen (secondary N) is 1. The van der Waals surface area contributed by atoms with Crippen molar-refractivity contribution in [3.8, 4) is 0 Å². The zero-order valence-electron chi connectivity index (χ0n) is 10.8. The molecule has 2 atom stereocenters. The van der Waals surface area contributed by atoms with Crippen LogP contribution in [0.4, 0.5) is 0 Å². The molecule has 0 aliphatic rings. The van der Waals surface area contributed by atoms with Gasteiger partial charge in [-0.1, -0.05) is 27.2 Å². The quantitative estimate of drug-likeness (QED) is 0.772. The van der Waals surface area contributed by atoms with E-state index in [4.69, 9.17) is 0 Å². The van der Waals surface area contributed by atoms with E-state index in [1.54, 1.807) is 0 Å². The van der Waals surface area contributed by atoms with Crippen LogP contribution in [0, 0.1) is 5.92 Å². The third-order valence-corrected chi connectivity index (χ3v) is 5.38. The van der Waals surface area contributed by atoms with Gasteiger partial charge in [-0.05, 0) is 36.4 Å². The van der Waals surface area contributed by atoms with Crippen LogP contribution in [-0.2, 0) is 0 Å². The van der Waals surface area contributed by atoms with Gasteiger partial charge in [-0.25, -0.2) is 0 Å². The summed E-state index contributed by atoms with van der Waals surface area (Å²) in [6.07, 6.45) is 2.56. The molecule has 0 saturated heterocycles. The number of rotatable bonds is 6. The summed E-state index contributed by atoms with van der Waals surface area (Å²) in [6, 6.07) is 5.15. The van der Waals surface area contributed by atoms with Crippen LogP contribution in [0.5, 0.6) is 0 Å². The highest BCUT2D eigenvalue weighted by molar-refractivity contribution is 7.26. The Bertz CT molecular complexity index is 429. The first-order valence-electron chi connectivity index (χ1n) is 6.46. The summed E-state index contributed by atoms with van der Waals surface area (Å²) in [6.45, 7) is 7.88. The van der Waals surface area contributed by atoms with Gasteiger partial charge < -0.3 is 5.32 Å². The van der Waals surface area contributed by atoms with Crippen molar-refractivity contribution in [2.45, 2.75) is 39.7 Å². The van der Waals surface area contributed by atoms with Gasteiger partial charge >= 0.3 is 0 Å². The van der Waals surface area contributed by atoms with Crippen molar-refractivity contribution >= 4 is 32.1 Å². The van der Waals surface area contributed by atoms with Crippen LogP contribution in [0.2, 0.25) is 0 Å². The Labute approximate surface area is 112 Å². The van der Waals surface area contributed by atoms with E-state index in [9.17, 15) is 0 Å². The highest BCUT2D eigenvalue weighted by Crippen LogP contribution is 2.36. The number of thiophene rings is 2. The van der Waals surface area contributed by atoms with E-state index in [1.165, 1.54) is 27.1 Å². The van der Waals surface area contributed by atoms with E-state index in [1.807, 2.05) is 22.7 Å². The Kier molecular flexibility index (Phi) is 4.60. The molecule has 2 rings (SSSR count). The molecule has 0 aliphatic carbocycles. The molecule has 17 heavy (non-hydrogen) atoms. The van der Waals surface area contributed by atoms with E-state index in [2.05, 4.69) is 43.6 Å². The largest absolute Gasteiger partial charge is 0.309 e. The predicted octanol–water partition coefficient (Wildman–Crippen LogP) is 5.05. The monoisotopic (exact) mass is 267 g/mol. The van der Waals surface area contributed by atoms with Crippen LogP contribution in [0.25, 0.3) is 9.40 Å². The minimum absolute atomic E-state index is 0.532. The number of hydrogen-bond acceptors (Lipinski definition) is 3. The Morgan fingerprint density at radius 2 is 2.12 bits per heavy atom. The molecule has 0 aromatic carbocycles. The normalized spacial score (nSPS) is 15.2. The van der Waals surface area contributed by atoms with E-state index in [0.29, 0.717) is 12.0 Å². The fourth-order valence-electron chi connectivity index (χ4n) is 2.36. The molecule has 1 nitrogen and oxygen atoms in total. The lowest BCUT2D eigenvalue weighted by Crippen LogP contribution is -2.26. The van der Waals surface area contributed by atoms with Crippen LogP contribution >= 0.6 is 22.7 Å². The standard InChI is InChI=1S/C14H21NS2/c1-4-6-10(3)14(15-5-2)13-9-12-11(17-13)7-8-16-12/h7-10,14-15H,4-6H2,1-3H3. The van der Waals surface area contributed by atoms with Crippen molar-refractivity contribution in [1.82, 2.24) is 5.32 Å². The van der Waals surface area contributed by atoms with Crippen molar-refractivity contribution in [3.05, 3.63) is 22.4 Å². The Morgan fingerprint density at radius 1 is 1.29 bits per heavy atom. The Hall–Kier alpha value is -0.380. The lowest BCUT2D eigenvalue weighted by atomic mass is 9.95. The molecule has 0 amide bonds. The van der Waals surface area contributed by atoms with Gasteiger partial charge in [-0.3, -0.25) is 0 Å². The maximum Gasteiger partial charge on any atom is 0.0454 e. The Balaban J connectivity index is 2.22. The van der Waals surface area contributed by atoms with Crippen molar-refractivity contribution in [2.75, 3.05) is 6.54 Å². The molecule has 2 aromatic heterocycles. The molecule has 2 unspecified atom stereocenters. The number of hydrogen-bond donors (Lipinski definition) is 1. The molecule has 0 bridgehead atoms. The molecular weight excluding hydrogens is 246 g/mol. The van der Waals surface area contributed by atoms with Gasteiger partial charge in [0.1, 0.15) is 0 Å². The zero-order chi connectivity index (χ0) is 12.3. The van der Waals surface area contributed by atoms with Crippen LogP contribution in [0.15, 0.2) is 17.5 Å². The maximum atomic E-state index is 3.65. The Morgan fingerprint density at radius 3 is 2.76 bits per heavy atom. The van der Waals surface area contributed by atoms with Crippen molar-refractivity contribution in [3.63, 3.8) is 0 Å². The summed E-state index contributed by atoms with van der Waals surface area (Å²) < 4.78 is 2.88. The van der Waals surface area contributed by atoms with E-state index in [-0.39, 0.29) is 0 Å². The molecule has 2 heterocycles. The second-order valence-electron chi connectivity index (χ2n) is 4.60. The molecule has 0 aliphatic heterocycles. The SMILES string of the molecule is CCCC(C)C(NCC)c1cc2sccc2s1. The van der Waals surface area contributed by atoms with Crippen LogP contribution in [-0.4, -0.2) is 6.54 Å². The van der Waals surface area contributed by atoms with Crippen LogP contribution in [0.1, 0.15) is 44.5 Å². The van der Waals surface area contributed by atoms with Gasteiger partial charge in [0, 0.05) is 20.3 Å². The van der Waals surface area contributed by atoms with Crippen molar-refractivity contribution < 1.29 is 0 Å². The summed E-state index contributed by atoms with van der Waals surface area (Å²) in [5, 5.41) is 5.83. The second-order valence-corrected chi connectivity index (χ2v) is 6.66. The molecule has 94 valence electrons. The number of fused-ring (bicyclic) bond motifs is 1. The first-order valence-corrected chi connectivity index (χ1v) is 8.16. The highest BCUT2D eigenvalue weighted by atomic mass is 32.1. The van der Waals surface area contributed by atoms with Crippen molar-refractivity contribution in [1.29, 1.82) is 0 Å². The molecular formula is C14H21NS2. The molecule has 2 aromatic rings.